The molecule has 8 nitrogen and oxygen atoms in total. The highest BCUT2D eigenvalue weighted by molar-refractivity contribution is 5.78. The first-order valence-electron chi connectivity index (χ1n) is 6.53. The Labute approximate surface area is 116 Å². The molecule has 0 fully saturated rings. The fraction of sp³-hybridized carbons (Fsp3) is 0.500. The summed E-state index contributed by atoms with van der Waals surface area (Å²) in [4.78, 5) is 12.0. The lowest BCUT2D eigenvalue weighted by Gasteiger charge is -2.00. The molecule has 0 N–H and O–H groups in total. The minimum atomic E-state index is -0.564. The summed E-state index contributed by atoms with van der Waals surface area (Å²) in [5, 5.41) is 24.0. The first-order valence-corrected chi connectivity index (χ1v) is 6.53. The van der Waals surface area contributed by atoms with Crippen molar-refractivity contribution in [3.63, 3.8) is 0 Å². The summed E-state index contributed by atoms with van der Waals surface area (Å²) < 4.78 is 1.97. The zero-order valence-corrected chi connectivity index (χ0v) is 11.2. The summed E-state index contributed by atoms with van der Waals surface area (Å²) in [5.74, 6) is 0. The van der Waals surface area contributed by atoms with Crippen LogP contribution in [0.15, 0.2) is 12.4 Å². The number of carbonyl (C=O) groups is 1. The van der Waals surface area contributed by atoms with Crippen molar-refractivity contribution in [2.24, 2.45) is 0 Å². The van der Waals surface area contributed by atoms with Crippen LogP contribution in [0.4, 0.5) is 4.79 Å². The van der Waals surface area contributed by atoms with Crippen LogP contribution in [-0.2, 0) is 6.42 Å². The fourth-order valence-corrected chi connectivity index (χ4v) is 1.85. The highest BCUT2D eigenvalue weighted by Crippen LogP contribution is 2.10. The van der Waals surface area contributed by atoms with Crippen LogP contribution < -0.4 is 0 Å². The number of rotatable bonds is 5. The third-order valence-electron chi connectivity index (χ3n) is 2.91. The second-order valence-corrected chi connectivity index (χ2v) is 4.35. The maximum atomic E-state index is 12.0. The molecule has 20 heavy (non-hydrogen) atoms. The van der Waals surface area contributed by atoms with Gasteiger partial charge in [0.05, 0.1) is 12.4 Å². The molecule has 0 bridgehead atoms. The van der Waals surface area contributed by atoms with E-state index in [1.165, 1.54) is 12.4 Å². The Morgan fingerprint density at radius 2 is 2.20 bits per heavy atom. The molecular formula is C12H15N7O. The molecular weight excluding hydrogens is 258 g/mol. The quantitative estimate of drug-likeness (QED) is 0.762. The largest absolute Gasteiger partial charge is 0.373 e. The molecule has 0 amide bonds. The van der Waals surface area contributed by atoms with Crippen LogP contribution in [0.5, 0.6) is 0 Å². The molecule has 104 valence electrons. The number of nitriles is 1. The topological polar surface area (TPSA) is 102 Å². The third-order valence-corrected chi connectivity index (χ3v) is 2.91. The van der Waals surface area contributed by atoms with E-state index in [1.807, 2.05) is 6.07 Å². The fourth-order valence-electron chi connectivity index (χ4n) is 1.85. The molecule has 0 spiro atoms. The molecule has 0 saturated carbocycles. The maximum Gasteiger partial charge on any atom is 0.373 e. The molecule has 0 aromatic carbocycles. The second kappa shape index (κ2) is 6.56. The first kappa shape index (κ1) is 13.9. The highest BCUT2D eigenvalue weighted by Gasteiger charge is 2.19. The number of nitrogens with zero attached hydrogens (tertiary/aromatic N) is 7. The molecule has 0 unspecified atom stereocenters. The lowest BCUT2D eigenvalue weighted by atomic mass is 10.1. The Kier molecular flexibility index (Phi) is 4.55. The zero-order valence-electron chi connectivity index (χ0n) is 11.2. The molecule has 2 rings (SSSR count). The SMILES string of the molecule is CCCCCCc1nnn(C(=O)n2ccnn2)c1C#N. The molecule has 2 aromatic rings. The van der Waals surface area contributed by atoms with Gasteiger partial charge >= 0.3 is 6.03 Å². The van der Waals surface area contributed by atoms with Crippen molar-refractivity contribution in [3.05, 3.63) is 23.8 Å². The van der Waals surface area contributed by atoms with E-state index in [2.05, 4.69) is 27.5 Å². The van der Waals surface area contributed by atoms with E-state index in [4.69, 9.17) is 0 Å². The Morgan fingerprint density at radius 3 is 2.85 bits per heavy atom. The number of carbonyl (C=O) groups excluding carboxylic acids is 1. The predicted octanol–water partition coefficient (Wildman–Crippen LogP) is 1.38. The van der Waals surface area contributed by atoms with Crippen LogP contribution >= 0.6 is 0 Å². The molecule has 0 aliphatic heterocycles. The zero-order chi connectivity index (χ0) is 14.4. The molecule has 0 aliphatic carbocycles. The van der Waals surface area contributed by atoms with Gasteiger partial charge < -0.3 is 0 Å². The monoisotopic (exact) mass is 273 g/mol. The van der Waals surface area contributed by atoms with Crippen molar-refractivity contribution >= 4 is 6.03 Å². The maximum absolute atomic E-state index is 12.0. The summed E-state index contributed by atoms with van der Waals surface area (Å²) in [6, 6.07) is 1.42. The van der Waals surface area contributed by atoms with Gasteiger partial charge in [-0.15, -0.1) is 14.9 Å². The number of aromatic nitrogens is 6. The van der Waals surface area contributed by atoms with Crippen molar-refractivity contribution in [2.75, 3.05) is 0 Å². The van der Waals surface area contributed by atoms with Crippen LogP contribution in [0.1, 0.15) is 44.0 Å². The first-order chi connectivity index (χ1) is 9.77. The summed E-state index contributed by atoms with van der Waals surface area (Å²) in [6.07, 6.45) is 7.71. The van der Waals surface area contributed by atoms with Gasteiger partial charge in [-0.25, -0.2) is 4.79 Å². The van der Waals surface area contributed by atoms with Gasteiger partial charge in [-0.2, -0.15) is 9.94 Å². The molecule has 0 atom stereocenters. The Morgan fingerprint density at radius 1 is 1.35 bits per heavy atom. The van der Waals surface area contributed by atoms with Gasteiger partial charge in [-0.05, 0) is 12.8 Å². The van der Waals surface area contributed by atoms with E-state index in [-0.39, 0.29) is 5.69 Å². The summed E-state index contributed by atoms with van der Waals surface area (Å²) in [7, 11) is 0. The van der Waals surface area contributed by atoms with Gasteiger partial charge in [0, 0.05) is 0 Å². The van der Waals surface area contributed by atoms with Gasteiger partial charge in [0.2, 0.25) is 0 Å². The van der Waals surface area contributed by atoms with E-state index in [9.17, 15) is 10.1 Å². The third kappa shape index (κ3) is 2.88. The number of unbranched alkanes of at least 4 members (excludes halogenated alkanes) is 3. The number of hydrogen-bond donors (Lipinski definition) is 0. The van der Waals surface area contributed by atoms with Gasteiger partial charge in [0.25, 0.3) is 0 Å². The highest BCUT2D eigenvalue weighted by atomic mass is 16.2. The van der Waals surface area contributed by atoms with Crippen LogP contribution in [0.3, 0.4) is 0 Å². The Bertz CT molecular complexity index is 608. The average Bonchev–Trinajstić information content (AvgIpc) is 3.11. The molecule has 2 heterocycles. The molecule has 0 aliphatic rings. The van der Waals surface area contributed by atoms with E-state index >= 15 is 0 Å². The average molecular weight is 273 g/mol. The van der Waals surface area contributed by atoms with E-state index < -0.39 is 6.03 Å². The van der Waals surface area contributed by atoms with Gasteiger partial charge in [-0.1, -0.05) is 36.6 Å². The standard InChI is InChI=1S/C12H15N7O/c1-2-3-4-5-6-10-11(9-13)19(17-15-10)12(20)18-8-7-14-16-18/h7-8H,2-6H2,1H3. The van der Waals surface area contributed by atoms with Crippen molar-refractivity contribution in [3.8, 4) is 6.07 Å². The van der Waals surface area contributed by atoms with Gasteiger partial charge in [0.15, 0.2) is 5.69 Å². The van der Waals surface area contributed by atoms with Crippen LogP contribution in [-0.4, -0.2) is 36.0 Å². The summed E-state index contributed by atoms with van der Waals surface area (Å²) >= 11 is 0. The van der Waals surface area contributed by atoms with Crippen molar-refractivity contribution in [2.45, 2.75) is 39.0 Å². The van der Waals surface area contributed by atoms with Crippen molar-refractivity contribution in [1.82, 2.24) is 30.0 Å². The smallest absolute Gasteiger partial charge is 0.243 e. The lowest BCUT2D eigenvalue weighted by Crippen LogP contribution is -2.22. The lowest BCUT2D eigenvalue weighted by molar-refractivity contribution is 0.237. The van der Waals surface area contributed by atoms with E-state index in [0.29, 0.717) is 12.1 Å². The van der Waals surface area contributed by atoms with Crippen LogP contribution in [0.2, 0.25) is 0 Å². The minimum Gasteiger partial charge on any atom is -0.243 e. The number of aryl methyl sites for hydroxylation is 1. The van der Waals surface area contributed by atoms with Crippen molar-refractivity contribution < 1.29 is 4.79 Å². The predicted molar refractivity (Wildman–Crippen MR) is 68.8 cm³/mol. The summed E-state index contributed by atoms with van der Waals surface area (Å²) in [6.45, 7) is 2.13. The molecule has 0 saturated heterocycles. The molecule has 2 aromatic heterocycles. The number of hydrogen-bond acceptors (Lipinski definition) is 6. The second-order valence-electron chi connectivity index (χ2n) is 4.35. The minimum absolute atomic E-state index is 0.169. The van der Waals surface area contributed by atoms with Crippen LogP contribution in [0, 0.1) is 11.3 Å². The summed E-state index contributed by atoms with van der Waals surface area (Å²) in [5.41, 5.74) is 0.721. The molecule has 0 radical (unpaired) electrons. The van der Waals surface area contributed by atoms with E-state index in [1.54, 1.807) is 0 Å². The van der Waals surface area contributed by atoms with Crippen LogP contribution in [0.25, 0.3) is 0 Å². The van der Waals surface area contributed by atoms with Crippen molar-refractivity contribution in [1.29, 1.82) is 5.26 Å². The molecule has 8 heteroatoms. The van der Waals surface area contributed by atoms with Gasteiger partial charge in [0.1, 0.15) is 11.8 Å². The van der Waals surface area contributed by atoms with E-state index in [0.717, 1.165) is 35.0 Å². The Hall–Kier alpha value is -2.56. The van der Waals surface area contributed by atoms with Gasteiger partial charge in [-0.3, -0.25) is 0 Å². The normalized spacial score (nSPS) is 10.4. The Balaban J connectivity index is 2.13.